The minimum atomic E-state index is 0.837. The van der Waals surface area contributed by atoms with Gasteiger partial charge in [-0.2, -0.15) is 0 Å². The summed E-state index contributed by atoms with van der Waals surface area (Å²) in [6.45, 7) is 7.30. The Balaban J connectivity index is 1.87. The van der Waals surface area contributed by atoms with Gasteiger partial charge in [-0.3, -0.25) is 0 Å². The summed E-state index contributed by atoms with van der Waals surface area (Å²) in [5.74, 6) is 2.56. The SMILES string of the molecule is CCNCc1cnc(N(C)CC2CC2C)nc1. The van der Waals surface area contributed by atoms with Gasteiger partial charge in [-0.05, 0) is 24.8 Å². The van der Waals surface area contributed by atoms with E-state index in [4.69, 9.17) is 0 Å². The smallest absolute Gasteiger partial charge is 0.225 e. The van der Waals surface area contributed by atoms with E-state index in [2.05, 4.69) is 41.1 Å². The average molecular weight is 234 g/mol. The molecule has 4 heteroatoms. The van der Waals surface area contributed by atoms with Crippen molar-refractivity contribution in [2.45, 2.75) is 26.8 Å². The van der Waals surface area contributed by atoms with Crippen molar-refractivity contribution in [1.82, 2.24) is 15.3 Å². The van der Waals surface area contributed by atoms with Crippen molar-refractivity contribution in [3.8, 4) is 0 Å². The third-order valence-electron chi connectivity index (χ3n) is 3.40. The average Bonchev–Trinajstić information content (AvgIpc) is 3.03. The number of nitrogens with zero attached hydrogens (tertiary/aromatic N) is 3. The van der Waals surface area contributed by atoms with Crippen molar-refractivity contribution >= 4 is 5.95 Å². The van der Waals surface area contributed by atoms with Crippen LogP contribution in [-0.2, 0) is 6.54 Å². The zero-order valence-corrected chi connectivity index (χ0v) is 11.0. The molecule has 1 aromatic rings. The molecule has 1 heterocycles. The summed E-state index contributed by atoms with van der Waals surface area (Å²) in [6, 6.07) is 0. The van der Waals surface area contributed by atoms with Gasteiger partial charge in [0.05, 0.1) is 0 Å². The van der Waals surface area contributed by atoms with E-state index in [1.54, 1.807) is 0 Å². The van der Waals surface area contributed by atoms with Gasteiger partial charge in [-0.15, -0.1) is 0 Å². The van der Waals surface area contributed by atoms with Gasteiger partial charge in [-0.1, -0.05) is 13.8 Å². The number of hydrogen-bond donors (Lipinski definition) is 1. The predicted octanol–water partition coefficient (Wildman–Crippen LogP) is 1.68. The Hall–Kier alpha value is -1.16. The molecule has 0 aromatic carbocycles. The van der Waals surface area contributed by atoms with Crippen LogP contribution in [0.2, 0.25) is 0 Å². The fourth-order valence-corrected chi connectivity index (χ4v) is 1.99. The Kier molecular flexibility index (Phi) is 3.94. The highest BCUT2D eigenvalue weighted by Gasteiger charge is 2.33. The molecule has 0 radical (unpaired) electrons. The molecule has 2 atom stereocenters. The molecule has 1 aliphatic carbocycles. The highest BCUT2D eigenvalue weighted by molar-refractivity contribution is 5.29. The van der Waals surface area contributed by atoms with E-state index in [1.807, 2.05) is 12.4 Å². The molecule has 0 bridgehead atoms. The van der Waals surface area contributed by atoms with E-state index >= 15 is 0 Å². The van der Waals surface area contributed by atoms with Gasteiger partial charge < -0.3 is 10.2 Å². The van der Waals surface area contributed by atoms with E-state index in [0.717, 1.165) is 43.0 Å². The van der Waals surface area contributed by atoms with Crippen LogP contribution in [-0.4, -0.2) is 30.1 Å². The van der Waals surface area contributed by atoms with Gasteiger partial charge in [0.1, 0.15) is 0 Å². The van der Waals surface area contributed by atoms with E-state index in [-0.39, 0.29) is 0 Å². The molecular weight excluding hydrogens is 212 g/mol. The lowest BCUT2D eigenvalue weighted by molar-refractivity contribution is 0.702. The van der Waals surface area contributed by atoms with Crippen LogP contribution in [0.25, 0.3) is 0 Å². The third kappa shape index (κ3) is 3.40. The Morgan fingerprint density at radius 3 is 2.59 bits per heavy atom. The van der Waals surface area contributed by atoms with Gasteiger partial charge in [0.2, 0.25) is 5.95 Å². The molecule has 17 heavy (non-hydrogen) atoms. The molecule has 1 N–H and O–H groups in total. The zero-order valence-electron chi connectivity index (χ0n) is 11.0. The van der Waals surface area contributed by atoms with Gasteiger partial charge in [0.25, 0.3) is 0 Å². The number of nitrogens with one attached hydrogen (secondary N) is 1. The van der Waals surface area contributed by atoms with E-state index in [0.29, 0.717) is 0 Å². The first kappa shape index (κ1) is 12.3. The molecular formula is C13H22N4. The van der Waals surface area contributed by atoms with Crippen molar-refractivity contribution < 1.29 is 0 Å². The second-order valence-electron chi connectivity index (χ2n) is 5.03. The van der Waals surface area contributed by atoms with Crippen molar-refractivity contribution in [2.75, 3.05) is 25.0 Å². The normalized spacial score (nSPS) is 22.5. The van der Waals surface area contributed by atoms with Gasteiger partial charge >= 0.3 is 0 Å². The molecule has 2 unspecified atom stereocenters. The van der Waals surface area contributed by atoms with Crippen LogP contribution < -0.4 is 10.2 Å². The lowest BCUT2D eigenvalue weighted by Crippen LogP contribution is -2.23. The summed E-state index contributed by atoms with van der Waals surface area (Å²) < 4.78 is 0. The molecule has 94 valence electrons. The Morgan fingerprint density at radius 2 is 2.06 bits per heavy atom. The molecule has 0 saturated heterocycles. The van der Waals surface area contributed by atoms with Gasteiger partial charge in [0.15, 0.2) is 0 Å². The van der Waals surface area contributed by atoms with Crippen LogP contribution in [0.4, 0.5) is 5.95 Å². The Bertz CT molecular complexity index is 349. The molecule has 1 aromatic heterocycles. The zero-order chi connectivity index (χ0) is 12.3. The van der Waals surface area contributed by atoms with Crippen molar-refractivity contribution in [3.63, 3.8) is 0 Å². The number of rotatable bonds is 6. The first-order valence-corrected chi connectivity index (χ1v) is 6.43. The second-order valence-corrected chi connectivity index (χ2v) is 5.03. The van der Waals surface area contributed by atoms with Crippen LogP contribution in [0.1, 0.15) is 25.8 Å². The lowest BCUT2D eigenvalue weighted by atomic mass is 10.3. The number of anilines is 1. The standard InChI is InChI=1S/C13H22N4/c1-4-14-6-11-7-15-13(16-8-11)17(3)9-12-5-10(12)2/h7-8,10,12,14H,4-6,9H2,1-3H3. The van der Waals surface area contributed by atoms with Gasteiger partial charge in [0, 0.05) is 38.1 Å². The summed E-state index contributed by atoms with van der Waals surface area (Å²) in [5.41, 5.74) is 1.14. The van der Waals surface area contributed by atoms with Crippen LogP contribution in [0.5, 0.6) is 0 Å². The first-order valence-electron chi connectivity index (χ1n) is 6.43. The maximum atomic E-state index is 4.41. The molecule has 4 nitrogen and oxygen atoms in total. The lowest BCUT2D eigenvalue weighted by Gasteiger charge is -2.16. The molecule has 2 rings (SSSR count). The Labute approximate surface area is 103 Å². The van der Waals surface area contributed by atoms with Crippen molar-refractivity contribution in [2.24, 2.45) is 11.8 Å². The predicted molar refractivity (Wildman–Crippen MR) is 70.0 cm³/mol. The van der Waals surface area contributed by atoms with Crippen molar-refractivity contribution in [1.29, 1.82) is 0 Å². The molecule has 1 fully saturated rings. The summed E-state index contributed by atoms with van der Waals surface area (Å²) in [5, 5.41) is 3.27. The molecule has 1 aliphatic rings. The van der Waals surface area contributed by atoms with E-state index < -0.39 is 0 Å². The highest BCUT2D eigenvalue weighted by Crippen LogP contribution is 2.38. The molecule has 0 aliphatic heterocycles. The number of hydrogen-bond acceptors (Lipinski definition) is 4. The summed E-state index contributed by atoms with van der Waals surface area (Å²) in [7, 11) is 2.07. The monoisotopic (exact) mass is 234 g/mol. The van der Waals surface area contributed by atoms with E-state index in [9.17, 15) is 0 Å². The minimum Gasteiger partial charge on any atom is -0.344 e. The minimum absolute atomic E-state index is 0.837. The molecule has 0 spiro atoms. The van der Waals surface area contributed by atoms with E-state index in [1.165, 1.54) is 6.42 Å². The van der Waals surface area contributed by atoms with Crippen LogP contribution >= 0.6 is 0 Å². The van der Waals surface area contributed by atoms with Crippen molar-refractivity contribution in [3.05, 3.63) is 18.0 Å². The van der Waals surface area contributed by atoms with Gasteiger partial charge in [-0.25, -0.2) is 9.97 Å². The topological polar surface area (TPSA) is 41.1 Å². The number of aromatic nitrogens is 2. The maximum Gasteiger partial charge on any atom is 0.225 e. The highest BCUT2D eigenvalue weighted by atomic mass is 15.2. The van der Waals surface area contributed by atoms with Crippen LogP contribution in [0, 0.1) is 11.8 Å². The third-order valence-corrected chi connectivity index (χ3v) is 3.40. The quantitative estimate of drug-likeness (QED) is 0.813. The molecule has 0 amide bonds. The Morgan fingerprint density at radius 1 is 1.41 bits per heavy atom. The summed E-state index contributed by atoms with van der Waals surface area (Å²) in [6.07, 6.45) is 5.18. The fourth-order valence-electron chi connectivity index (χ4n) is 1.99. The van der Waals surface area contributed by atoms with Crippen LogP contribution in [0.15, 0.2) is 12.4 Å². The fraction of sp³-hybridized carbons (Fsp3) is 0.692. The second kappa shape index (κ2) is 5.45. The largest absolute Gasteiger partial charge is 0.344 e. The van der Waals surface area contributed by atoms with Crippen LogP contribution in [0.3, 0.4) is 0 Å². The first-order chi connectivity index (χ1) is 8.20. The summed E-state index contributed by atoms with van der Waals surface area (Å²) >= 11 is 0. The maximum absolute atomic E-state index is 4.41. The summed E-state index contributed by atoms with van der Waals surface area (Å²) in [4.78, 5) is 11.0. The molecule has 1 saturated carbocycles.